The summed E-state index contributed by atoms with van der Waals surface area (Å²) in [4.78, 5) is 7.34. The molecule has 0 bridgehead atoms. The number of aromatic nitrogens is 2. The number of hydrogen-bond donors (Lipinski definition) is 1. The molecule has 1 rings (SSSR count). The van der Waals surface area contributed by atoms with Crippen LogP contribution in [0.4, 0.5) is 10.2 Å². The maximum atomic E-state index is 13.3. The summed E-state index contributed by atoms with van der Waals surface area (Å²) in [5.74, 6) is -0.340. The van der Waals surface area contributed by atoms with Gasteiger partial charge in [0.05, 0.1) is 6.20 Å². The van der Waals surface area contributed by atoms with E-state index in [1.807, 2.05) is 6.92 Å². The van der Waals surface area contributed by atoms with E-state index >= 15 is 0 Å². The predicted molar refractivity (Wildman–Crippen MR) is 59.5 cm³/mol. The van der Waals surface area contributed by atoms with Gasteiger partial charge in [-0.15, -0.1) is 0 Å². The highest BCUT2D eigenvalue weighted by Crippen LogP contribution is 2.23. The quantitative estimate of drug-likeness (QED) is 0.795. The fourth-order valence-corrected chi connectivity index (χ4v) is 1.00. The molecule has 0 fully saturated rings. The Labute approximate surface area is 94.1 Å². The summed E-state index contributed by atoms with van der Waals surface area (Å²) in [5, 5.41) is 3.02. The molecule has 0 spiro atoms. The second-order valence-electron chi connectivity index (χ2n) is 4.57. The zero-order valence-electron chi connectivity index (χ0n) is 9.31. The molecule has 0 radical (unpaired) electrons. The third-order valence-corrected chi connectivity index (χ3v) is 2.55. The highest BCUT2D eigenvalue weighted by Gasteiger charge is 2.21. The van der Waals surface area contributed by atoms with Gasteiger partial charge in [-0.2, -0.15) is 4.98 Å². The van der Waals surface area contributed by atoms with Gasteiger partial charge < -0.3 is 5.32 Å². The SMILES string of the molecule is CC(Nc1nc(Cl)ncc1F)C(C)(C)C. The van der Waals surface area contributed by atoms with Crippen LogP contribution in [0.5, 0.6) is 0 Å². The Balaban J connectivity index is 2.85. The van der Waals surface area contributed by atoms with Crippen LogP contribution in [-0.2, 0) is 0 Å². The lowest BCUT2D eigenvalue weighted by atomic mass is 9.88. The molecule has 84 valence electrons. The van der Waals surface area contributed by atoms with Gasteiger partial charge in [-0.1, -0.05) is 20.8 Å². The summed E-state index contributed by atoms with van der Waals surface area (Å²) in [6.45, 7) is 8.15. The molecule has 1 aromatic heterocycles. The molecule has 0 saturated heterocycles. The zero-order chi connectivity index (χ0) is 11.6. The Morgan fingerprint density at radius 1 is 1.47 bits per heavy atom. The number of hydrogen-bond acceptors (Lipinski definition) is 3. The summed E-state index contributed by atoms with van der Waals surface area (Å²) in [5.41, 5.74) is 0.0177. The van der Waals surface area contributed by atoms with E-state index in [2.05, 4.69) is 36.1 Å². The molecule has 1 unspecified atom stereocenters. The van der Waals surface area contributed by atoms with Crippen LogP contribution in [-0.4, -0.2) is 16.0 Å². The molecule has 0 aliphatic rings. The molecule has 0 aromatic carbocycles. The molecular weight excluding hydrogens is 217 g/mol. The van der Waals surface area contributed by atoms with Gasteiger partial charge >= 0.3 is 0 Å². The normalized spacial score (nSPS) is 13.7. The Hall–Kier alpha value is -0.900. The second-order valence-corrected chi connectivity index (χ2v) is 4.91. The maximum Gasteiger partial charge on any atom is 0.224 e. The topological polar surface area (TPSA) is 37.8 Å². The third-order valence-electron chi connectivity index (χ3n) is 2.37. The first kappa shape index (κ1) is 12.2. The van der Waals surface area contributed by atoms with Crippen molar-refractivity contribution in [3.8, 4) is 0 Å². The van der Waals surface area contributed by atoms with Crippen LogP contribution >= 0.6 is 11.6 Å². The standard InChI is InChI=1S/C10H15ClFN3/c1-6(10(2,3)4)14-8-7(12)5-13-9(11)15-8/h5-6H,1-4H3,(H,13,14,15). The average Bonchev–Trinajstić information content (AvgIpc) is 2.09. The Morgan fingerprint density at radius 2 is 2.07 bits per heavy atom. The van der Waals surface area contributed by atoms with Gasteiger partial charge in [0.25, 0.3) is 0 Å². The van der Waals surface area contributed by atoms with Crippen molar-refractivity contribution in [2.75, 3.05) is 5.32 Å². The number of nitrogens with one attached hydrogen (secondary N) is 1. The Morgan fingerprint density at radius 3 is 2.60 bits per heavy atom. The van der Waals surface area contributed by atoms with Crippen molar-refractivity contribution in [2.45, 2.75) is 33.7 Å². The lowest BCUT2D eigenvalue weighted by molar-refractivity contribution is 0.357. The van der Waals surface area contributed by atoms with Crippen LogP contribution in [0.2, 0.25) is 5.28 Å². The van der Waals surface area contributed by atoms with E-state index in [1.54, 1.807) is 0 Å². The molecule has 1 atom stereocenters. The van der Waals surface area contributed by atoms with Crippen LogP contribution in [0.1, 0.15) is 27.7 Å². The van der Waals surface area contributed by atoms with E-state index < -0.39 is 5.82 Å². The van der Waals surface area contributed by atoms with Gasteiger partial charge in [0.2, 0.25) is 5.28 Å². The molecule has 1 aromatic rings. The van der Waals surface area contributed by atoms with Gasteiger partial charge in [-0.05, 0) is 23.9 Å². The monoisotopic (exact) mass is 231 g/mol. The number of nitrogens with zero attached hydrogens (tertiary/aromatic N) is 2. The highest BCUT2D eigenvalue weighted by atomic mass is 35.5. The third kappa shape index (κ3) is 3.30. The van der Waals surface area contributed by atoms with E-state index in [0.717, 1.165) is 6.20 Å². The minimum atomic E-state index is -0.490. The maximum absolute atomic E-state index is 13.3. The summed E-state index contributed by atoms with van der Waals surface area (Å²) >= 11 is 5.59. The molecule has 0 aliphatic heterocycles. The molecule has 0 amide bonds. The van der Waals surface area contributed by atoms with Crippen LogP contribution in [0, 0.1) is 11.2 Å². The van der Waals surface area contributed by atoms with Gasteiger partial charge in [0.1, 0.15) is 0 Å². The van der Waals surface area contributed by atoms with Crippen molar-refractivity contribution >= 4 is 17.4 Å². The lowest BCUT2D eigenvalue weighted by Gasteiger charge is -2.28. The number of halogens is 2. The first-order valence-corrected chi connectivity index (χ1v) is 5.13. The summed E-state index contributed by atoms with van der Waals surface area (Å²) < 4.78 is 13.3. The Bertz CT molecular complexity index is 349. The minimum absolute atomic E-state index is 0.0177. The van der Waals surface area contributed by atoms with E-state index in [0.29, 0.717) is 0 Å². The van der Waals surface area contributed by atoms with E-state index in [9.17, 15) is 4.39 Å². The van der Waals surface area contributed by atoms with Crippen LogP contribution in [0.15, 0.2) is 6.20 Å². The van der Waals surface area contributed by atoms with Crippen LogP contribution in [0.3, 0.4) is 0 Å². The molecule has 0 saturated carbocycles. The second kappa shape index (κ2) is 4.31. The number of anilines is 1. The highest BCUT2D eigenvalue weighted by molar-refractivity contribution is 6.28. The first-order valence-electron chi connectivity index (χ1n) is 4.75. The molecule has 15 heavy (non-hydrogen) atoms. The van der Waals surface area contributed by atoms with Crippen molar-refractivity contribution in [2.24, 2.45) is 5.41 Å². The summed E-state index contributed by atoms with van der Waals surface area (Å²) in [6.07, 6.45) is 1.06. The predicted octanol–water partition coefficient (Wildman–Crippen LogP) is 3.12. The smallest absolute Gasteiger partial charge is 0.224 e. The van der Waals surface area contributed by atoms with Crippen molar-refractivity contribution in [1.82, 2.24) is 9.97 Å². The molecule has 5 heteroatoms. The lowest BCUT2D eigenvalue weighted by Crippen LogP contribution is -2.31. The minimum Gasteiger partial charge on any atom is -0.365 e. The van der Waals surface area contributed by atoms with Gasteiger partial charge in [0, 0.05) is 6.04 Å². The van der Waals surface area contributed by atoms with Gasteiger partial charge in [0.15, 0.2) is 11.6 Å². The Kier molecular flexibility index (Phi) is 3.50. The van der Waals surface area contributed by atoms with Crippen molar-refractivity contribution in [3.05, 3.63) is 17.3 Å². The summed E-state index contributed by atoms with van der Waals surface area (Å²) in [6, 6.07) is 0.0815. The van der Waals surface area contributed by atoms with E-state index in [-0.39, 0.29) is 22.6 Å². The average molecular weight is 232 g/mol. The van der Waals surface area contributed by atoms with Crippen LogP contribution in [0.25, 0.3) is 0 Å². The molecular formula is C10H15ClFN3. The van der Waals surface area contributed by atoms with E-state index in [4.69, 9.17) is 11.6 Å². The largest absolute Gasteiger partial charge is 0.365 e. The molecule has 1 N–H and O–H groups in total. The van der Waals surface area contributed by atoms with Gasteiger partial charge in [-0.25, -0.2) is 9.37 Å². The molecule has 3 nitrogen and oxygen atoms in total. The van der Waals surface area contributed by atoms with Crippen LogP contribution < -0.4 is 5.32 Å². The fourth-order valence-electron chi connectivity index (χ4n) is 0.868. The molecule has 1 heterocycles. The summed E-state index contributed by atoms with van der Waals surface area (Å²) in [7, 11) is 0. The fraction of sp³-hybridized carbons (Fsp3) is 0.600. The van der Waals surface area contributed by atoms with Crippen molar-refractivity contribution < 1.29 is 4.39 Å². The molecule has 0 aliphatic carbocycles. The van der Waals surface area contributed by atoms with Gasteiger partial charge in [-0.3, -0.25) is 0 Å². The zero-order valence-corrected chi connectivity index (χ0v) is 10.1. The number of rotatable bonds is 2. The first-order chi connectivity index (χ1) is 6.80. The van der Waals surface area contributed by atoms with Crippen molar-refractivity contribution in [3.63, 3.8) is 0 Å². The van der Waals surface area contributed by atoms with E-state index in [1.165, 1.54) is 0 Å². The van der Waals surface area contributed by atoms with Crippen molar-refractivity contribution in [1.29, 1.82) is 0 Å².